The molecule has 0 aliphatic carbocycles. The van der Waals surface area contributed by atoms with Gasteiger partial charge in [-0.1, -0.05) is 109 Å². The summed E-state index contributed by atoms with van der Waals surface area (Å²) in [6, 6.07) is 13.9. The zero-order chi connectivity index (χ0) is 57.2. The van der Waals surface area contributed by atoms with Crippen LogP contribution in [0.3, 0.4) is 0 Å². The molecule has 0 aromatic heterocycles. The van der Waals surface area contributed by atoms with Gasteiger partial charge in [0.05, 0.1) is 43.1 Å². The lowest BCUT2D eigenvalue weighted by atomic mass is 9.89. The summed E-state index contributed by atoms with van der Waals surface area (Å²) in [5, 5.41) is 19.7. The number of benzene rings is 2. The first kappa shape index (κ1) is 65.3. The molecule has 0 spiro atoms. The van der Waals surface area contributed by atoms with Gasteiger partial charge in [-0.2, -0.15) is 0 Å². The maximum Gasteiger partial charge on any atom is 0.326 e. The van der Waals surface area contributed by atoms with Crippen LogP contribution >= 0.6 is 0 Å². The summed E-state index contributed by atoms with van der Waals surface area (Å²) in [6.45, 7) is 24.7. The molecule has 0 saturated carbocycles. The third-order valence-electron chi connectivity index (χ3n) is 15.2. The predicted molar refractivity (Wildman–Crippen MR) is 303 cm³/mol. The van der Waals surface area contributed by atoms with E-state index in [-0.39, 0.29) is 60.6 Å². The van der Waals surface area contributed by atoms with Crippen LogP contribution in [0.2, 0.25) is 32.2 Å². The molecule has 2 aromatic rings. The number of methoxy groups -OCH3 is 2. The van der Waals surface area contributed by atoms with Gasteiger partial charge in [-0.15, -0.1) is 0 Å². The average Bonchev–Trinajstić information content (AvgIpc) is 3.84. The van der Waals surface area contributed by atoms with Crippen LogP contribution in [0.25, 0.3) is 0 Å². The number of rotatable bonds is 31. The molecule has 6 amide bonds. The zero-order valence-corrected chi connectivity index (χ0v) is 50.7. The van der Waals surface area contributed by atoms with Crippen LogP contribution in [0.4, 0.5) is 0 Å². The number of amides is 6. The molecule has 17 nitrogen and oxygen atoms in total. The molecule has 76 heavy (non-hydrogen) atoms. The zero-order valence-electron chi connectivity index (χ0n) is 48.7. The minimum atomic E-state index is -2.37. The van der Waals surface area contributed by atoms with Crippen molar-refractivity contribution in [2.45, 2.75) is 181 Å². The van der Waals surface area contributed by atoms with E-state index in [2.05, 4.69) is 54.3 Å². The third-order valence-corrected chi connectivity index (χ3v) is 22.7. The molecule has 3 rings (SSSR count). The quantitative estimate of drug-likeness (QED) is 0.0631. The van der Waals surface area contributed by atoms with Gasteiger partial charge in [-0.3, -0.25) is 28.8 Å². The molecule has 0 unspecified atom stereocenters. The molecule has 19 heteroatoms. The third kappa shape index (κ3) is 18.6. The fourth-order valence-electron chi connectivity index (χ4n) is 10.9. The SMILES string of the molecule is CCNC(=O)Cc1cccc([Si](C)(C)O[Si](C)(C)CCCC(=O)N(C)[C@@H](C(=O)N[C@@H](C(=O)N(C)[C@H]([C@H](C)CC)[C@H](CC(=O)N2CCC[C@@H]2[C@@H](OC)[C@H](C)C(=O)N[C@H](Cc2ccccc2)C(=O)O)OC)C(C)C)C(C)C)c1. The Morgan fingerprint density at radius 2 is 1.46 bits per heavy atom. The molecule has 0 radical (unpaired) electrons. The summed E-state index contributed by atoms with van der Waals surface area (Å²) in [5.74, 6) is -4.40. The molecule has 426 valence electrons. The number of hydrogen-bond acceptors (Lipinski definition) is 10. The largest absolute Gasteiger partial charge is 0.480 e. The number of aliphatic carboxylic acids is 1. The van der Waals surface area contributed by atoms with Gasteiger partial charge >= 0.3 is 5.97 Å². The first-order valence-electron chi connectivity index (χ1n) is 27.5. The van der Waals surface area contributed by atoms with E-state index in [4.69, 9.17) is 13.6 Å². The summed E-state index contributed by atoms with van der Waals surface area (Å²) < 4.78 is 19.0. The van der Waals surface area contributed by atoms with Crippen molar-refractivity contribution in [2.75, 3.05) is 41.4 Å². The Kier molecular flexibility index (Phi) is 26.0. The molecule has 4 N–H and O–H groups in total. The highest BCUT2D eigenvalue weighted by Gasteiger charge is 2.44. The molecule has 0 bridgehead atoms. The number of nitrogens with zero attached hydrogens (tertiary/aromatic N) is 3. The van der Waals surface area contributed by atoms with E-state index in [0.29, 0.717) is 45.2 Å². The lowest BCUT2D eigenvalue weighted by Gasteiger charge is -2.41. The summed E-state index contributed by atoms with van der Waals surface area (Å²) in [6.07, 6.45) is 1.57. The smallest absolute Gasteiger partial charge is 0.326 e. The number of ether oxygens (including phenoxy) is 2. The molecular formula is C57H94N6O11Si2. The Morgan fingerprint density at radius 3 is 2.03 bits per heavy atom. The number of carbonyl (C=O) groups is 7. The monoisotopic (exact) mass is 1090 g/mol. The molecule has 9 atom stereocenters. The van der Waals surface area contributed by atoms with Gasteiger partial charge in [-0.05, 0) is 92.5 Å². The number of hydrogen-bond donors (Lipinski definition) is 4. The molecule has 1 heterocycles. The van der Waals surface area contributed by atoms with Crippen LogP contribution in [0.1, 0.15) is 105 Å². The number of nitrogens with one attached hydrogen (secondary N) is 3. The number of carboxylic acids is 1. The van der Waals surface area contributed by atoms with E-state index in [0.717, 1.165) is 22.4 Å². The maximum absolute atomic E-state index is 14.8. The number of likely N-dealkylation sites (N-methyl/N-ethyl adjacent to an activating group) is 3. The second-order valence-corrected chi connectivity index (χ2v) is 31.1. The fraction of sp³-hybridized carbons (Fsp3) is 0.667. The Labute approximate surface area is 456 Å². The van der Waals surface area contributed by atoms with E-state index in [9.17, 15) is 38.7 Å². The summed E-state index contributed by atoms with van der Waals surface area (Å²) in [5.41, 5.74) is 1.71. The molecule has 1 saturated heterocycles. The van der Waals surface area contributed by atoms with Crippen molar-refractivity contribution in [2.24, 2.45) is 23.7 Å². The highest BCUT2D eigenvalue weighted by molar-refractivity contribution is 6.92. The van der Waals surface area contributed by atoms with Gasteiger partial charge in [0.15, 0.2) is 8.32 Å². The highest BCUT2D eigenvalue weighted by atomic mass is 28.4. The summed E-state index contributed by atoms with van der Waals surface area (Å²) in [7, 11) is 1.68. The van der Waals surface area contributed by atoms with E-state index < -0.39 is 82.8 Å². The van der Waals surface area contributed by atoms with Crippen molar-refractivity contribution < 1.29 is 52.3 Å². The van der Waals surface area contributed by atoms with Crippen molar-refractivity contribution in [3.05, 3.63) is 65.7 Å². The summed E-state index contributed by atoms with van der Waals surface area (Å²) in [4.78, 5) is 100. The molecular weight excluding hydrogens is 1000 g/mol. The first-order valence-corrected chi connectivity index (χ1v) is 33.5. The maximum atomic E-state index is 14.8. The van der Waals surface area contributed by atoms with E-state index >= 15 is 0 Å². The lowest BCUT2D eigenvalue weighted by molar-refractivity contribution is -0.149. The molecule has 2 aromatic carbocycles. The van der Waals surface area contributed by atoms with Gasteiger partial charge < -0.3 is 49.3 Å². The van der Waals surface area contributed by atoms with Crippen molar-refractivity contribution in [1.29, 1.82) is 0 Å². The topological polar surface area (TPSA) is 213 Å². The van der Waals surface area contributed by atoms with Crippen LogP contribution in [0.15, 0.2) is 54.6 Å². The van der Waals surface area contributed by atoms with Crippen molar-refractivity contribution in [1.82, 2.24) is 30.7 Å². The highest BCUT2D eigenvalue weighted by Crippen LogP contribution is 2.30. The van der Waals surface area contributed by atoms with Crippen molar-refractivity contribution in [3.63, 3.8) is 0 Å². The Hall–Kier alpha value is -4.96. The normalized spacial score (nSPS) is 17.2. The van der Waals surface area contributed by atoms with Crippen LogP contribution < -0.4 is 21.1 Å². The van der Waals surface area contributed by atoms with Gasteiger partial charge in [0.25, 0.3) is 0 Å². The predicted octanol–water partition coefficient (Wildman–Crippen LogP) is 6.14. The Balaban J connectivity index is 1.72. The van der Waals surface area contributed by atoms with E-state index in [1.165, 1.54) is 19.1 Å². The van der Waals surface area contributed by atoms with Crippen LogP contribution in [-0.4, -0.2) is 162 Å². The van der Waals surface area contributed by atoms with Gasteiger partial charge in [0, 0.05) is 54.2 Å². The summed E-state index contributed by atoms with van der Waals surface area (Å²) >= 11 is 0. The molecule has 1 fully saturated rings. The van der Waals surface area contributed by atoms with Gasteiger partial charge in [-0.25, -0.2) is 4.79 Å². The van der Waals surface area contributed by atoms with Gasteiger partial charge in [0.2, 0.25) is 43.8 Å². The average molecular weight is 1100 g/mol. The minimum absolute atomic E-state index is 0.0181. The first-order chi connectivity index (χ1) is 35.6. The second-order valence-electron chi connectivity index (χ2n) is 22.7. The van der Waals surface area contributed by atoms with Crippen LogP contribution in [0.5, 0.6) is 0 Å². The van der Waals surface area contributed by atoms with E-state index in [1.807, 2.05) is 78.8 Å². The number of carboxylic acid groups (broad SMARTS) is 1. The van der Waals surface area contributed by atoms with Crippen molar-refractivity contribution in [3.8, 4) is 0 Å². The van der Waals surface area contributed by atoms with Crippen molar-refractivity contribution >= 4 is 63.2 Å². The Morgan fingerprint density at radius 1 is 0.816 bits per heavy atom. The van der Waals surface area contributed by atoms with E-state index in [1.54, 1.807) is 43.0 Å². The Bertz CT molecular complexity index is 2230. The fourth-order valence-corrected chi connectivity index (χ4v) is 19.3. The standard InChI is InChI=1S/C57H94N6O11Si2/c1-17-39(7)52(46(72-11)36-49(66)63-31-23-29-45(63)53(73-12)40(8)54(67)59-44(57(70)71)34-41-25-20-19-21-26-41)62(10)56(69)50(37(3)4)60-55(68)51(38(5)6)61(9)48(65)30-24-32-75(13,14)74-76(15,16)43-28-22-27-42(33-43)35-47(64)58-18-2/h19-22,25-28,33,37-40,44-46,50-53H,17-18,23-24,29-32,34-36H2,1-16H3,(H,58,64)(H,59,67)(H,60,68)(H,70,71)/t39-,40+,44-,45-,46+,50-,51-,52-,53+/m1/s1. The molecule has 1 aliphatic heterocycles. The minimum Gasteiger partial charge on any atom is -0.480 e. The van der Waals surface area contributed by atoms with Gasteiger partial charge in [0.1, 0.15) is 18.1 Å². The second kappa shape index (κ2) is 30.3. The van der Waals surface area contributed by atoms with Crippen LogP contribution in [-0.2, 0) is 60.0 Å². The number of likely N-dealkylation sites (tertiary alicyclic amines) is 1. The molecule has 1 aliphatic rings. The van der Waals surface area contributed by atoms with Crippen LogP contribution in [0, 0.1) is 23.7 Å². The number of carbonyl (C=O) groups excluding carboxylic acids is 6. The lowest BCUT2D eigenvalue weighted by Crippen LogP contribution is -2.60.